The van der Waals surface area contributed by atoms with Crippen LogP contribution in [0, 0.1) is 6.92 Å². The van der Waals surface area contributed by atoms with Gasteiger partial charge in [0.1, 0.15) is 0 Å². The molecule has 2 aromatic carbocycles. The van der Waals surface area contributed by atoms with E-state index in [2.05, 4.69) is 84.0 Å². The quantitative estimate of drug-likeness (QED) is 0.0572. The number of aliphatic hydroxyl groups is 2. The lowest BCUT2D eigenvalue weighted by Gasteiger charge is -2.22. The summed E-state index contributed by atoms with van der Waals surface area (Å²) in [7, 11) is 3.74. The van der Waals surface area contributed by atoms with Crippen molar-refractivity contribution in [3.8, 4) is 0 Å². The van der Waals surface area contributed by atoms with Gasteiger partial charge in [-0.3, -0.25) is 4.99 Å². The van der Waals surface area contributed by atoms with E-state index in [1.165, 1.54) is 16.7 Å². The minimum absolute atomic E-state index is 0.0525. The van der Waals surface area contributed by atoms with E-state index >= 15 is 0 Å². The van der Waals surface area contributed by atoms with E-state index in [4.69, 9.17) is 0 Å². The van der Waals surface area contributed by atoms with Gasteiger partial charge in [-0.25, -0.2) is 4.57 Å². The molecule has 5 nitrogen and oxygen atoms in total. The highest BCUT2D eigenvalue weighted by Crippen LogP contribution is 2.20. The van der Waals surface area contributed by atoms with E-state index in [0.717, 1.165) is 41.4 Å². The first-order valence-electron chi connectivity index (χ1n) is 14.2. The summed E-state index contributed by atoms with van der Waals surface area (Å²) in [6.45, 7) is 8.86. The fraction of sp³-hybridized carbons (Fsp3) is 0.257. The molecule has 1 aromatic heterocycles. The van der Waals surface area contributed by atoms with Crippen molar-refractivity contribution < 1.29 is 14.8 Å². The average Bonchev–Trinajstić information content (AvgIpc) is 3.02. The second-order valence-electron chi connectivity index (χ2n) is 9.54. The average molecular weight is 601 g/mol. The maximum Gasteiger partial charge on any atom is 0.169 e. The molecule has 0 saturated carbocycles. The number of allylic oxidation sites excluding steroid dienone is 4. The van der Waals surface area contributed by atoms with Gasteiger partial charge in [-0.05, 0) is 47.4 Å². The molecule has 0 radical (unpaired) electrons. The van der Waals surface area contributed by atoms with Gasteiger partial charge in [-0.1, -0.05) is 101 Å². The summed E-state index contributed by atoms with van der Waals surface area (Å²) in [5.41, 5.74) is 6.72. The van der Waals surface area contributed by atoms with Gasteiger partial charge in [0, 0.05) is 49.4 Å². The van der Waals surface area contributed by atoms with Crippen molar-refractivity contribution in [2.45, 2.75) is 13.5 Å². The zero-order valence-electron chi connectivity index (χ0n) is 24.4. The van der Waals surface area contributed by atoms with Gasteiger partial charge in [-0.15, -0.1) is 0 Å². The first-order valence-corrected chi connectivity index (χ1v) is 16.7. The fourth-order valence-corrected chi connectivity index (χ4v) is 5.81. The van der Waals surface area contributed by atoms with Gasteiger partial charge in [0.25, 0.3) is 0 Å². The molecule has 0 aliphatic carbocycles. The third kappa shape index (κ3) is 12.7. The molecule has 220 valence electrons. The molecule has 0 spiro atoms. The van der Waals surface area contributed by atoms with Crippen LogP contribution in [0.2, 0.25) is 0 Å². The maximum absolute atomic E-state index is 9.23. The second-order valence-corrected chi connectivity index (χ2v) is 12.2. The summed E-state index contributed by atoms with van der Waals surface area (Å²) in [6, 6.07) is 20.9. The third-order valence-electron chi connectivity index (χ3n) is 6.36. The van der Waals surface area contributed by atoms with Crippen LogP contribution < -0.4 is 9.47 Å². The molecule has 7 heteroatoms. The Balaban J connectivity index is 1.32. The Kier molecular flexibility index (Phi) is 15.6. The van der Waals surface area contributed by atoms with Gasteiger partial charge < -0.3 is 15.1 Å². The van der Waals surface area contributed by atoms with E-state index in [-0.39, 0.29) is 13.2 Å². The topological polar surface area (TPSA) is 59.9 Å². The third-order valence-corrected chi connectivity index (χ3v) is 8.72. The zero-order valence-corrected chi connectivity index (χ0v) is 26.0. The highest BCUT2D eigenvalue weighted by molar-refractivity contribution is 8.76. The first-order chi connectivity index (χ1) is 20.6. The van der Waals surface area contributed by atoms with E-state index in [1.54, 1.807) is 0 Å². The van der Waals surface area contributed by atoms with Crippen LogP contribution >= 0.6 is 21.6 Å². The smallest absolute Gasteiger partial charge is 0.169 e. The molecule has 0 fully saturated rings. The van der Waals surface area contributed by atoms with E-state index in [9.17, 15) is 10.2 Å². The number of nitrogens with zero attached hydrogens (tertiary/aromatic N) is 3. The predicted molar refractivity (Wildman–Crippen MR) is 185 cm³/mol. The molecule has 0 atom stereocenters. The fourth-order valence-electron chi connectivity index (χ4n) is 3.95. The van der Waals surface area contributed by atoms with Crippen LogP contribution in [0.3, 0.4) is 0 Å². The Morgan fingerprint density at radius 3 is 2.07 bits per heavy atom. The molecule has 0 aliphatic heterocycles. The highest BCUT2D eigenvalue weighted by atomic mass is 33.1. The molecule has 42 heavy (non-hydrogen) atoms. The van der Waals surface area contributed by atoms with E-state index in [0.29, 0.717) is 13.1 Å². The van der Waals surface area contributed by atoms with Crippen LogP contribution in [-0.2, 0) is 6.54 Å². The number of anilines is 1. The number of rotatable bonds is 18. The van der Waals surface area contributed by atoms with Crippen molar-refractivity contribution >= 4 is 51.7 Å². The maximum atomic E-state index is 9.23. The molecule has 0 unspecified atom stereocenters. The molecule has 0 bridgehead atoms. The van der Waals surface area contributed by atoms with Crippen molar-refractivity contribution in [3.63, 3.8) is 0 Å². The number of aliphatic hydroxyl groups excluding tert-OH is 2. The molecule has 0 aliphatic rings. The number of hydrogen-bond acceptors (Lipinski definition) is 6. The van der Waals surface area contributed by atoms with Crippen LogP contribution in [0.1, 0.15) is 22.3 Å². The number of hydrogen-bond donors (Lipinski definition) is 2. The predicted octanol–water partition coefficient (Wildman–Crippen LogP) is 6.52. The van der Waals surface area contributed by atoms with Gasteiger partial charge in [-0.2, -0.15) is 0 Å². The Morgan fingerprint density at radius 2 is 1.43 bits per heavy atom. The number of aliphatic imine (C=N–C) groups is 1. The Hall–Kier alpha value is -3.36. The monoisotopic (exact) mass is 600 g/mol. The van der Waals surface area contributed by atoms with Crippen molar-refractivity contribution in [2.24, 2.45) is 4.99 Å². The lowest BCUT2D eigenvalue weighted by atomic mass is 10.1. The van der Waals surface area contributed by atoms with Crippen LogP contribution in [0.25, 0.3) is 18.2 Å². The summed E-state index contributed by atoms with van der Waals surface area (Å²) in [6.07, 6.45) is 18.3. The van der Waals surface area contributed by atoms with Crippen molar-refractivity contribution in [1.82, 2.24) is 0 Å². The highest BCUT2D eigenvalue weighted by Gasteiger charge is 2.04. The Morgan fingerprint density at radius 1 is 0.833 bits per heavy atom. The Bertz CT molecular complexity index is 1310. The van der Waals surface area contributed by atoms with Crippen LogP contribution in [-0.4, -0.2) is 60.8 Å². The molecule has 0 amide bonds. The number of aromatic nitrogens is 1. The summed E-state index contributed by atoms with van der Waals surface area (Å²) >= 11 is 0. The molecular formula is C35H42N3O2S2+. The first kappa shape index (κ1) is 33.1. The van der Waals surface area contributed by atoms with Gasteiger partial charge in [0.05, 0.1) is 19.0 Å². The lowest BCUT2D eigenvalue weighted by molar-refractivity contribution is -0.692. The second kappa shape index (κ2) is 19.7. The molecule has 0 saturated heterocycles. The summed E-state index contributed by atoms with van der Waals surface area (Å²) in [5.74, 6) is 2.02. The van der Waals surface area contributed by atoms with Crippen LogP contribution in [0.5, 0.6) is 0 Å². The van der Waals surface area contributed by atoms with Crippen LogP contribution in [0.4, 0.5) is 5.69 Å². The number of aryl methyl sites for hydroxylation is 2. The van der Waals surface area contributed by atoms with Crippen LogP contribution in [0.15, 0.2) is 108 Å². The van der Waals surface area contributed by atoms with Gasteiger partial charge >= 0.3 is 0 Å². The minimum atomic E-state index is 0.0525. The molecule has 1 heterocycles. The summed E-state index contributed by atoms with van der Waals surface area (Å²) in [4.78, 5) is 6.47. The van der Waals surface area contributed by atoms with E-state index < -0.39 is 0 Å². The van der Waals surface area contributed by atoms with Gasteiger partial charge in [0.15, 0.2) is 18.9 Å². The summed E-state index contributed by atoms with van der Waals surface area (Å²) < 4.78 is 2.22. The largest absolute Gasteiger partial charge is 0.395 e. The van der Waals surface area contributed by atoms with Crippen molar-refractivity contribution in [2.75, 3.05) is 49.3 Å². The van der Waals surface area contributed by atoms with Crippen molar-refractivity contribution in [1.29, 1.82) is 0 Å². The standard InChI is InChI=1S/C35H42N3O2S2/c1-3-31(8-9-33-12-14-35(15-13-33)38(23-26-39)24-27-40)16-19-36-20-28-41-42-29-25-37-21-17-34(18-22-37)11-10-32-6-4-30(2)5-7-32/h3-19,21-22,39-40H,1,20,23-29H2,2H3/q+1/b9-8+,11-10+,31-16+,36-19?. The van der Waals surface area contributed by atoms with Gasteiger partial charge in [0.2, 0.25) is 0 Å². The summed E-state index contributed by atoms with van der Waals surface area (Å²) in [5, 5.41) is 18.5. The van der Waals surface area contributed by atoms with Crippen molar-refractivity contribution in [3.05, 3.63) is 126 Å². The number of benzene rings is 2. The number of pyridine rings is 1. The SMILES string of the molecule is C=CC(/C=C/c1ccc(N(CCO)CCO)cc1)=C\C=NCCSSCC[n+]1ccc(/C=C/c2ccc(C)cc2)cc1. The zero-order chi connectivity index (χ0) is 29.8. The molecule has 3 rings (SSSR count). The van der Waals surface area contributed by atoms with E-state index in [1.807, 2.05) is 81.3 Å². The molecule has 2 N–H and O–H groups in total. The molecular weight excluding hydrogens is 559 g/mol. The minimum Gasteiger partial charge on any atom is -0.395 e. The lowest BCUT2D eigenvalue weighted by Crippen LogP contribution is -2.33. The Labute approximate surface area is 259 Å². The molecule has 3 aromatic rings. The normalized spacial score (nSPS) is 12.1.